The number of benzene rings is 3. The highest BCUT2D eigenvalue weighted by atomic mass is 16.5. The van der Waals surface area contributed by atoms with E-state index in [1.54, 1.807) is 18.2 Å². The first-order chi connectivity index (χ1) is 18.1. The number of nitrogen functional groups attached to an aromatic ring is 1. The summed E-state index contributed by atoms with van der Waals surface area (Å²) in [6.45, 7) is 3.31. The van der Waals surface area contributed by atoms with E-state index in [1.165, 1.54) is 19.3 Å². The number of fused-ring (bicyclic) bond motifs is 1. The second-order valence-corrected chi connectivity index (χ2v) is 9.02. The van der Waals surface area contributed by atoms with Crippen LogP contribution in [0.25, 0.3) is 33.3 Å². The third-order valence-electron chi connectivity index (χ3n) is 6.27. The van der Waals surface area contributed by atoms with Crippen LogP contribution in [-0.2, 0) is 13.2 Å². The van der Waals surface area contributed by atoms with E-state index in [0.29, 0.717) is 22.7 Å². The molecular formula is C29H30N6O2. The summed E-state index contributed by atoms with van der Waals surface area (Å²) in [4.78, 5) is 8.84. The van der Waals surface area contributed by atoms with E-state index >= 15 is 0 Å². The average molecular weight is 495 g/mol. The summed E-state index contributed by atoms with van der Waals surface area (Å²) >= 11 is 0. The minimum absolute atomic E-state index is 0.0408. The molecular weight excluding hydrogens is 464 g/mol. The lowest BCUT2D eigenvalue weighted by Crippen LogP contribution is -2.00. The van der Waals surface area contributed by atoms with Gasteiger partial charge in [-0.3, -0.25) is 4.68 Å². The molecule has 188 valence electrons. The SMILES string of the molecule is CCCCCCn1cc(COc2ccc(-c3cc(-c4cccc5ccccc45)nc(N)n3)c(O)c2)nn1. The third-order valence-corrected chi connectivity index (χ3v) is 6.27. The summed E-state index contributed by atoms with van der Waals surface area (Å²) < 4.78 is 7.70. The Labute approximate surface area is 215 Å². The van der Waals surface area contributed by atoms with Crippen molar-refractivity contribution in [2.24, 2.45) is 0 Å². The zero-order chi connectivity index (χ0) is 25.6. The maximum atomic E-state index is 10.8. The highest BCUT2D eigenvalue weighted by Crippen LogP contribution is 2.35. The molecule has 8 nitrogen and oxygen atoms in total. The van der Waals surface area contributed by atoms with Gasteiger partial charge in [-0.2, -0.15) is 0 Å². The van der Waals surface area contributed by atoms with Crippen molar-refractivity contribution in [2.75, 3.05) is 5.73 Å². The Kier molecular flexibility index (Phi) is 7.26. The zero-order valence-electron chi connectivity index (χ0n) is 20.8. The van der Waals surface area contributed by atoms with Crippen LogP contribution in [0.1, 0.15) is 38.3 Å². The van der Waals surface area contributed by atoms with Gasteiger partial charge in [0.05, 0.1) is 17.6 Å². The minimum Gasteiger partial charge on any atom is -0.507 e. The van der Waals surface area contributed by atoms with Crippen LogP contribution < -0.4 is 10.5 Å². The maximum Gasteiger partial charge on any atom is 0.221 e. The fourth-order valence-electron chi connectivity index (χ4n) is 4.38. The number of aromatic nitrogens is 5. The maximum absolute atomic E-state index is 10.8. The van der Waals surface area contributed by atoms with Gasteiger partial charge in [0.15, 0.2) is 0 Å². The summed E-state index contributed by atoms with van der Waals surface area (Å²) in [5.41, 5.74) is 9.53. The Bertz CT molecular complexity index is 1510. The minimum atomic E-state index is 0.0408. The molecule has 0 fully saturated rings. The van der Waals surface area contributed by atoms with Crippen molar-refractivity contribution in [1.29, 1.82) is 0 Å². The van der Waals surface area contributed by atoms with E-state index in [-0.39, 0.29) is 18.3 Å². The molecule has 8 heteroatoms. The Morgan fingerprint density at radius 2 is 1.70 bits per heavy atom. The van der Waals surface area contributed by atoms with Gasteiger partial charge in [-0.05, 0) is 35.4 Å². The van der Waals surface area contributed by atoms with Gasteiger partial charge < -0.3 is 15.6 Å². The molecule has 5 aromatic rings. The number of unbranched alkanes of at least 4 members (excludes halogenated alkanes) is 3. The van der Waals surface area contributed by atoms with Gasteiger partial charge in [0.2, 0.25) is 5.95 Å². The van der Waals surface area contributed by atoms with E-state index in [0.717, 1.165) is 35.0 Å². The number of nitrogens with zero attached hydrogens (tertiary/aromatic N) is 5. The monoisotopic (exact) mass is 494 g/mol. The van der Waals surface area contributed by atoms with Crippen molar-refractivity contribution in [3.8, 4) is 34.0 Å². The number of nitrogens with two attached hydrogens (primary N) is 1. The van der Waals surface area contributed by atoms with Crippen LogP contribution in [0.5, 0.6) is 11.5 Å². The summed E-state index contributed by atoms with van der Waals surface area (Å²) in [5.74, 6) is 0.701. The van der Waals surface area contributed by atoms with Gasteiger partial charge in [0, 0.05) is 23.7 Å². The molecule has 5 rings (SSSR count). The molecule has 0 amide bonds. The smallest absolute Gasteiger partial charge is 0.221 e. The number of phenolic OH excluding ortho intramolecular Hbond substituents is 1. The molecule has 2 heterocycles. The number of hydrogen-bond acceptors (Lipinski definition) is 7. The highest BCUT2D eigenvalue weighted by molar-refractivity contribution is 5.96. The van der Waals surface area contributed by atoms with Crippen LogP contribution in [0.3, 0.4) is 0 Å². The Morgan fingerprint density at radius 1 is 0.892 bits per heavy atom. The van der Waals surface area contributed by atoms with Crippen molar-refractivity contribution < 1.29 is 9.84 Å². The lowest BCUT2D eigenvalue weighted by atomic mass is 10.0. The van der Waals surface area contributed by atoms with Crippen LogP contribution in [0.4, 0.5) is 5.95 Å². The molecule has 0 saturated heterocycles. The molecule has 0 aliphatic carbocycles. The molecule has 0 radical (unpaired) electrons. The Hall–Kier alpha value is -4.46. The van der Waals surface area contributed by atoms with Crippen molar-refractivity contribution in [1.82, 2.24) is 25.0 Å². The lowest BCUT2D eigenvalue weighted by Gasteiger charge is -2.11. The fraction of sp³-hybridized carbons (Fsp3) is 0.241. The summed E-state index contributed by atoms with van der Waals surface area (Å²) in [6, 6.07) is 21.1. The number of ether oxygens (including phenoxy) is 1. The number of phenols is 1. The predicted molar refractivity (Wildman–Crippen MR) is 145 cm³/mol. The molecule has 0 atom stereocenters. The second kappa shape index (κ2) is 11.1. The largest absolute Gasteiger partial charge is 0.507 e. The van der Waals surface area contributed by atoms with Crippen LogP contribution in [-0.4, -0.2) is 30.1 Å². The van der Waals surface area contributed by atoms with Gasteiger partial charge in [-0.1, -0.05) is 73.9 Å². The average Bonchev–Trinajstić information content (AvgIpc) is 3.37. The van der Waals surface area contributed by atoms with Crippen LogP contribution in [0, 0.1) is 0 Å². The van der Waals surface area contributed by atoms with Crippen LogP contribution in [0.2, 0.25) is 0 Å². The Morgan fingerprint density at radius 3 is 2.54 bits per heavy atom. The third kappa shape index (κ3) is 5.69. The van der Waals surface area contributed by atoms with Gasteiger partial charge in [-0.15, -0.1) is 5.10 Å². The number of aryl methyl sites for hydroxylation is 1. The van der Waals surface area contributed by atoms with E-state index in [1.807, 2.05) is 41.2 Å². The van der Waals surface area contributed by atoms with E-state index in [2.05, 4.69) is 45.4 Å². The number of hydrogen-bond donors (Lipinski definition) is 2. The summed E-state index contributed by atoms with van der Waals surface area (Å²) in [6.07, 6.45) is 6.62. The fourth-order valence-corrected chi connectivity index (χ4v) is 4.38. The van der Waals surface area contributed by atoms with Gasteiger partial charge >= 0.3 is 0 Å². The normalized spacial score (nSPS) is 11.2. The molecule has 0 aliphatic heterocycles. The quantitative estimate of drug-likeness (QED) is 0.229. The molecule has 37 heavy (non-hydrogen) atoms. The first kappa shape index (κ1) is 24.2. The summed E-state index contributed by atoms with van der Waals surface area (Å²) in [5, 5.41) is 21.3. The Balaban J connectivity index is 1.32. The number of anilines is 1. The molecule has 3 aromatic carbocycles. The molecule has 0 bridgehead atoms. The summed E-state index contributed by atoms with van der Waals surface area (Å²) in [7, 11) is 0. The van der Waals surface area contributed by atoms with E-state index in [4.69, 9.17) is 10.5 Å². The van der Waals surface area contributed by atoms with Gasteiger partial charge in [0.1, 0.15) is 23.8 Å². The van der Waals surface area contributed by atoms with Gasteiger partial charge in [0.25, 0.3) is 0 Å². The number of rotatable bonds is 10. The van der Waals surface area contributed by atoms with Crippen molar-refractivity contribution in [3.05, 3.63) is 78.6 Å². The van der Waals surface area contributed by atoms with Crippen molar-refractivity contribution in [2.45, 2.75) is 45.8 Å². The molecule has 0 aliphatic rings. The molecule has 0 spiro atoms. The second-order valence-electron chi connectivity index (χ2n) is 9.02. The van der Waals surface area contributed by atoms with E-state index < -0.39 is 0 Å². The van der Waals surface area contributed by atoms with Crippen LogP contribution in [0.15, 0.2) is 72.9 Å². The first-order valence-electron chi connectivity index (χ1n) is 12.6. The van der Waals surface area contributed by atoms with Crippen molar-refractivity contribution in [3.63, 3.8) is 0 Å². The predicted octanol–water partition coefficient (Wildman–Crippen LogP) is 6.00. The van der Waals surface area contributed by atoms with Gasteiger partial charge in [-0.25, -0.2) is 9.97 Å². The van der Waals surface area contributed by atoms with Crippen molar-refractivity contribution >= 4 is 16.7 Å². The topological polar surface area (TPSA) is 112 Å². The zero-order valence-corrected chi connectivity index (χ0v) is 20.8. The van der Waals surface area contributed by atoms with Crippen LogP contribution >= 0.6 is 0 Å². The van der Waals surface area contributed by atoms with E-state index in [9.17, 15) is 5.11 Å². The lowest BCUT2D eigenvalue weighted by molar-refractivity contribution is 0.299. The highest BCUT2D eigenvalue weighted by Gasteiger charge is 2.13. The molecule has 3 N–H and O–H groups in total. The molecule has 0 saturated carbocycles. The number of aromatic hydroxyl groups is 1. The standard InChI is InChI=1S/C29H30N6O2/c1-2-3-4-7-15-35-18-21(33-34-35)19-37-22-13-14-25(28(36)16-22)27-17-26(31-29(30)32-27)24-12-8-10-20-9-5-6-11-23(20)24/h5-6,8-14,16-18,36H,2-4,7,15,19H2,1H3,(H2,30,31,32). The molecule has 2 aromatic heterocycles. The molecule has 0 unspecified atom stereocenters. The first-order valence-corrected chi connectivity index (χ1v) is 12.6.